The Hall–Kier alpha value is -3.03. The lowest BCUT2D eigenvalue weighted by molar-refractivity contribution is 1.52. The van der Waals surface area contributed by atoms with Crippen molar-refractivity contribution < 1.29 is 0 Å². The highest BCUT2D eigenvalue weighted by Gasteiger charge is 2.03. The van der Waals surface area contributed by atoms with Crippen LogP contribution in [0.4, 0.5) is 5.69 Å². The van der Waals surface area contributed by atoms with E-state index >= 15 is 0 Å². The van der Waals surface area contributed by atoms with Crippen LogP contribution in [0.1, 0.15) is 0 Å². The smallest absolute Gasteiger partial charge is 0.0453 e. The summed E-state index contributed by atoms with van der Waals surface area (Å²) in [5.74, 6) is 0. The summed E-state index contributed by atoms with van der Waals surface area (Å²) in [7, 11) is 0. The molecule has 0 aliphatic rings. The summed E-state index contributed by atoms with van der Waals surface area (Å²) in [6.07, 6.45) is 0. The zero-order valence-electron chi connectivity index (χ0n) is 11.2. The van der Waals surface area contributed by atoms with Crippen LogP contribution in [0, 0.1) is 0 Å². The predicted octanol–water partition coefficient (Wildman–Crippen LogP) is 6.09. The molecule has 0 radical (unpaired) electrons. The maximum atomic E-state index is 8.69. The van der Waals surface area contributed by atoms with Crippen molar-refractivity contribution in [2.75, 3.05) is 0 Å². The standard InChI is InChI=1S/C18H11N3/c19-21-20-18-7-3-6-14-10-15-8-12-4-1-2-5-13(12)9-16(15)11-17(14)18/h1-11H. The minimum absolute atomic E-state index is 0.671. The van der Waals surface area contributed by atoms with Crippen LogP contribution >= 0.6 is 0 Å². The minimum atomic E-state index is 0.671. The van der Waals surface area contributed by atoms with Crippen molar-refractivity contribution in [3.63, 3.8) is 0 Å². The van der Waals surface area contributed by atoms with Crippen LogP contribution in [0.2, 0.25) is 0 Å². The van der Waals surface area contributed by atoms with Crippen molar-refractivity contribution in [3.05, 3.63) is 77.2 Å². The molecule has 0 N–H and O–H groups in total. The molecular formula is C18H11N3. The number of fused-ring (bicyclic) bond motifs is 3. The number of hydrogen-bond acceptors (Lipinski definition) is 1. The monoisotopic (exact) mass is 269 g/mol. The van der Waals surface area contributed by atoms with E-state index in [4.69, 9.17) is 5.53 Å². The van der Waals surface area contributed by atoms with Gasteiger partial charge in [-0.1, -0.05) is 47.6 Å². The Bertz CT molecular complexity index is 1040. The van der Waals surface area contributed by atoms with Gasteiger partial charge in [0.25, 0.3) is 0 Å². The highest BCUT2D eigenvalue weighted by Crippen LogP contribution is 2.32. The van der Waals surface area contributed by atoms with Crippen LogP contribution in [0.15, 0.2) is 71.8 Å². The van der Waals surface area contributed by atoms with Crippen LogP contribution < -0.4 is 0 Å². The molecule has 0 unspecified atom stereocenters. The zero-order valence-corrected chi connectivity index (χ0v) is 11.2. The Morgan fingerprint density at radius 1 is 0.667 bits per heavy atom. The third kappa shape index (κ3) is 1.88. The molecular weight excluding hydrogens is 258 g/mol. The first-order valence-electron chi connectivity index (χ1n) is 6.75. The molecule has 3 nitrogen and oxygen atoms in total. The minimum Gasteiger partial charge on any atom is -0.0616 e. The predicted molar refractivity (Wildman–Crippen MR) is 87.8 cm³/mol. The van der Waals surface area contributed by atoms with Gasteiger partial charge in [0.1, 0.15) is 0 Å². The molecule has 0 fully saturated rings. The van der Waals surface area contributed by atoms with Crippen molar-refractivity contribution in [2.45, 2.75) is 0 Å². The van der Waals surface area contributed by atoms with Gasteiger partial charge in [0, 0.05) is 10.6 Å². The van der Waals surface area contributed by atoms with E-state index in [0.717, 1.165) is 16.2 Å². The van der Waals surface area contributed by atoms with Gasteiger partial charge >= 0.3 is 0 Å². The lowest BCUT2D eigenvalue weighted by atomic mass is 9.99. The van der Waals surface area contributed by atoms with E-state index < -0.39 is 0 Å². The number of rotatable bonds is 1. The number of hydrogen-bond donors (Lipinski definition) is 0. The highest BCUT2D eigenvalue weighted by atomic mass is 15.1. The SMILES string of the molecule is [N-]=[N+]=Nc1cccc2cc3cc4ccccc4cc3cc12. The Balaban J connectivity index is 2.15. The van der Waals surface area contributed by atoms with E-state index in [9.17, 15) is 0 Å². The fourth-order valence-corrected chi connectivity index (χ4v) is 2.84. The van der Waals surface area contributed by atoms with Gasteiger partial charge in [-0.25, -0.2) is 0 Å². The van der Waals surface area contributed by atoms with Gasteiger partial charge in [0.2, 0.25) is 0 Å². The molecule has 21 heavy (non-hydrogen) atoms. The van der Waals surface area contributed by atoms with E-state index in [2.05, 4.69) is 52.5 Å². The molecule has 0 spiro atoms. The quantitative estimate of drug-likeness (QED) is 0.174. The van der Waals surface area contributed by atoms with Crippen molar-refractivity contribution in [3.8, 4) is 0 Å². The zero-order chi connectivity index (χ0) is 14.2. The van der Waals surface area contributed by atoms with E-state index in [1.54, 1.807) is 0 Å². The number of benzene rings is 4. The largest absolute Gasteiger partial charge is 0.0616 e. The highest BCUT2D eigenvalue weighted by molar-refractivity contribution is 6.07. The fraction of sp³-hybridized carbons (Fsp3) is 0. The first-order chi connectivity index (χ1) is 10.3. The summed E-state index contributed by atoms with van der Waals surface area (Å²) in [5.41, 5.74) is 9.36. The maximum Gasteiger partial charge on any atom is 0.0453 e. The average molecular weight is 269 g/mol. The Labute approximate surface area is 121 Å². The third-order valence-corrected chi connectivity index (χ3v) is 3.83. The van der Waals surface area contributed by atoms with E-state index in [1.807, 2.05) is 24.3 Å². The molecule has 4 rings (SSSR count). The molecule has 0 saturated heterocycles. The second-order valence-corrected chi connectivity index (χ2v) is 5.09. The summed E-state index contributed by atoms with van der Waals surface area (Å²) in [6, 6.07) is 22.7. The first-order valence-corrected chi connectivity index (χ1v) is 6.75. The second-order valence-electron chi connectivity index (χ2n) is 5.09. The molecule has 4 aromatic carbocycles. The van der Waals surface area contributed by atoms with Crippen LogP contribution in [-0.4, -0.2) is 0 Å². The molecule has 3 heteroatoms. The van der Waals surface area contributed by atoms with Gasteiger partial charge in [0.05, 0.1) is 0 Å². The normalized spacial score (nSPS) is 10.9. The molecule has 4 aromatic rings. The Kier molecular flexibility index (Phi) is 2.53. The topological polar surface area (TPSA) is 48.8 Å². The van der Waals surface area contributed by atoms with Gasteiger partial charge in [-0.3, -0.25) is 0 Å². The Morgan fingerprint density at radius 3 is 2.00 bits per heavy atom. The average Bonchev–Trinajstić information content (AvgIpc) is 2.52. The summed E-state index contributed by atoms with van der Waals surface area (Å²) < 4.78 is 0. The molecule has 0 atom stereocenters. The summed E-state index contributed by atoms with van der Waals surface area (Å²) in [4.78, 5) is 2.91. The van der Waals surface area contributed by atoms with Crippen molar-refractivity contribution >= 4 is 38.0 Å². The van der Waals surface area contributed by atoms with Crippen LogP contribution in [-0.2, 0) is 0 Å². The molecule has 0 bridgehead atoms. The van der Waals surface area contributed by atoms with Crippen LogP contribution in [0.5, 0.6) is 0 Å². The van der Waals surface area contributed by atoms with E-state index in [0.29, 0.717) is 5.69 Å². The molecule has 0 saturated carbocycles. The molecule has 0 amide bonds. The van der Waals surface area contributed by atoms with E-state index in [-0.39, 0.29) is 0 Å². The molecule has 0 aliphatic carbocycles. The Morgan fingerprint density at radius 2 is 1.29 bits per heavy atom. The van der Waals surface area contributed by atoms with Crippen LogP contribution in [0.3, 0.4) is 0 Å². The van der Waals surface area contributed by atoms with Gasteiger partial charge in [-0.15, -0.1) is 0 Å². The van der Waals surface area contributed by atoms with Crippen molar-refractivity contribution in [1.82, 2.24) is 0 Å². The summed E-state index contributed by atoms with van der Waals surface area (Å²) >= 11 is 0. The molecule has 0 aliphatic heterocycles. The lowest BCUT2D eigenvalue weighted by Crippen LogP contribution is -1.79. The number of nitrogens with zero attached hydrogens (tertiary/aromatic N) is 3. The van der Waals surface area contributed by atoms with Gasteiger partial charge in [0.15, 0.2) is 0 Å². The fourth-order valence-electron chi connectivity index (χ4n) is 2.84. The number of azide groups is 1. The molecule has 0 aromatic heterocycles. The van der Waals surface area contributed by atoms with Gasteiger partial charge in [-0.05, 0) is 62.1 Å². The van der Waals surface area contributed by atoms with Crippen molar-refractivity contribution in [2.24, 2.45) is 5.11 Å². The third-order valence-electron chi connectivity index (χ3n) is 3.83. The lowest BCUT2D eigenvalue weighted by Gasteiger charge is -2.06. The first kappa shape index (κ1) is 11.8. The molecule has 98 valence electrons. The van der Waals surface area contributed by atoms with Gasteiger partial charge in [-0.2, -0.15) is 0 Å². The van der Waals surface area contributed by atoms with Gasteiger partial charge < -0.3 is 0 Å². The van der Waals surface area contributed by atoms with E-state index in [1.165, 1.54) is 16.2 Å². The summed E-state index contributed by atoms with van der Waals surface area (Å²) in [6.45, 7) is 0. The molecule has 0 heterocycles. The maximum absolute atomic E-state index is 8.69. The van der Waals surface area contributed by atoms with Crippen molar-refractivity contribution in [1.29, 1.82) is 0 Å². The second kappa shape index (κ2) is 4.51. The van der Waals surface area contributed by atoms with Crippen LogP contribution in [0.25, 0.3) is 42.8 Å². The summed E-state index contributed by atoms with van der Waals surface area (Å²) in [5, 5.41) is 10.6.